The lowest BCUT2D eigenvalue weighted by atomic mass is 10.1. The molecule has 0 atom stereocenters. The molecule has 0 heterocycles. The fraction of sp³-hybridized carbons (Fsp3) is 0.300. The Labute approximate surface area is 95.5 Å². The van der Waals surface area contributed by atoms with Gasteiger partial charge in [-0.2, -0.15) is 0 Å². The second kappa shape index (κ2) is 5.23. The molecular formula is C10H11BrFNO2. The quantitative estimate of drug-likeness (QED) is 0.857. The summed E-state index contributed by atoms with van der Waals surface area (Å²) in [6, 6.07) is 2.71. The Bertz CT molecular complexity index is 382. The minimum Gasteiger partial charge on any atom is -0.495 e. The Morgan fingerprint density at radius 1 is 1.60 bits per heavy atom. The molecule has 0 bridgehead atoms. The number of ketones is 1. The highest BCUT2D eigenvalue weighted by Gasteiger charge is 2.19. The Kier molecular flexibility index (Phi) is 4.23. The molecule has 0 amide bonds. The van der Waals surface area contributed by atoms with Crippen molar-refractivity contribution in [1.82, 2.24) is 0 Å². The van der Waals surface area contributed by atoms with E-state index in [1.165, 1.54) is 19.2 Å². The van der Waals surface area contributed by atoms with Crippen LogP contribution in [-0.2, 0) is 0 Å². The molecule has 0 aliphatic rings. The van der Waals surface area contributed by atoms with E-state index >= 15 is 0 Å². The van der Waals surface area contributed by atoms with E-state index in [2.05, 4.69) is 15.9 Å². The summed E-state index contributed by atoms with van der Waals surface area (Å²) < 4.78 is 19.0. The molecule has 0 aliphatic carbocycles. The molecule has 0 aromatic heterocycles. The summed E-state index contributed by atoms with van der Waals surface area (Å²) in [4.78, 5) is 11.6. The van der Waals surface area contributed by atoms with Crippen molar-refractivity contribution in [2.75, 3.05) is 13.7 Å². The van der Waals surface area contributed by atoms with E-state index in [0.29, 0.717) is 4.47 Å². The van der Waals surface area contributed by atoms with Gasteiger partial charge in [0.15, 0.2) is 5.78 Å². The van der Waals surface area contributed by atoms with Gasteiger partial charge in [0.05, 0.1) is 17.1 Å². The predicted octanol–water partition coefficient (Wildman–Crippen LogP) is 2.13. The van der Waals surface area contributed by atoms with Gasteiger partial charge in [-0.1, -0.05) is 0 Å². The van der Waals surface area contributed by atoms with E-state index in [0.717, 1.165) is 0 Å². The number of hydrogen-bond donors (Lipinski definition) is 1. The van der Waals surface area contributed by atoms with Crippen molar-refractivity contribution in [2.45, 2.75) is 6.42 Å². The maximum Gasteiger partial charge on any atom is 0.170 e. The summed E-state index contributed by atoms with van der Waals surface area (Å²) in [5, 5.41) is 0. The van der Waals surface area contributed by atoms with Crippen LogP contribution in [0.1, 0.15) is 16.8 Å². The van der Waals surface area contributed by atoms with E-state index in [9.17, 15) is 9.18 Å². The first kappa shape index (κ1) is 12.1. The van der Waals surface area contributed by atoms with E-state index < -0.39 is 5.82 Å². The lowest BCUT2D eigenvalue weighted by Crippen LogP contribution is -2.11. The van der Waals surface area contributed by atoms with Gasteiger partial charge in [-0.25, -0.2) is 4.39 Å². The second-order valence-electron chi connectivity index (χ2n) is 2.90. The molecule has 0 unspecified atom stereocenters. The summed E-state index contributed by atoms with van der Waals surface area (Å²) in [5.74, 6) is -0.727. The first-order valence-corrected chi connectivity index (χ1v) is 5.16. The Morgan fingerprint density at radius 3 is 2.80 bits per heavy atom. The fourth-order valence-corrected chi connectivity index (χ4v) is 1.74. The van der Waals surface area contributed by atoms with Crippen LogP contribution >= 0.6 is 15.9 Å². The van der Waals surface area contributed by atoms with Crippen LogP contribution < -0.4 is 10.5 Å². The number of halogens is 2. The minimum absolute atomic E-state index is 0.0441. The summed E-state index contributed by atoms with van der Waals surface area (Å²) in [6.45, 7) is 0.188. The second-order valence-corrected chi connectivity index (χ2v) is 3.75. The normalized spacial score (nSPS) is 10.1. The van der Waals surface area contributed by atoms with Gasteiger partial charge in [-0.3, -0.25) is 4.79 Å². The molecular weight excluding hydrogens is 265 g/mol. The highest BCUT2D eigenvalue weighted by molar-refractivity contribution is 9.10. The van der Waals surface area contributed by atoms with Gasteiger partial charge in [0.2, 0.25) is 0 Å². The highest BCUT2D eigenvalue weighted by atomic mass is 79.9. The van der Waals surface area contributed by atoms with Crippen LogP contribution in [0.15, 0.2) is 16.6 Å². The lowest BCUT2D eigenvalue weighted by molar-refractivity contribution is 0.0978. The van der Waals surface area contributed by atoms with Gasteiger partial charge < -0.3 is 10.5 Å². The first-order valence-electron chi connectivity index (χ1n) is 4.37. The van der Waals surface area contributed by atoms with Crippen molar-refractivity contribution in [2.24, 2.45) is 5.73 Å². The first-order chi connectivity index (χ1) is 7.11. The van der Waals surface area contributed by atoms with Crippen molar-refractivity contribution >= 4 is 21.7 Å². The summed E-state index contributed by atoms with van der Waals surface area (Å²) in [6.07, 6.45) is 0.101. The third kappa shape index (κ3) is 2.54. The molecule has 2 N–H and O–H groups in total. The molecule has 0 saturated carbocycles. The van der Waals surface area contributed by atoms with Crippen LogP contribution in [0.2, 0.25) is 0 Å². The molecule has 0 saturated heterocycles. The fourth-order valence-electron chi connectivity index (χ4n) is 1.25. The van der Waals surface area contributed by atoms with Gasteiger partial charge in [-0.05, 0) is 34.6 Å². The number of methoxy groups -OCH3 is 1. The standard InChI is InChI=1S/C10H11BrFNO2/c1-15-10-6(11)2-3-7(12)9(10)8(14)4-5-13/h2-3H,4-5,13H2,1H3. The number of Topliss-reactive ketones (excluding diaryl/α,β-unsaturated/α-hetero) is 1. The largest absolute Gasteiger partial charge is 0.495 e. The van der Waals surface area contributed by atoms with E-state index in [-0.39, 0.29) is 30.1 Å². The average Bonchev–Trinajstić information content (AvgIpc) is 2.21. The van der Waals surface area contributed by atoms with Crippen molar-refractivity contribution in [1.29, 1.82) is 0 Å². The van der Waals surface area contributed by atoms with Crippen LogP contribution in [0.3, 0.4) is 0 Å². The van der Waals surface area contributed by atoms with E-state index in [4.69, 9.17) is 10.5 Å². The van der Waals surface area contributed by atoms with E-state index in [1.54, 1.807) is 0 Å². The molecule has 5 heteroatoms. The number of benzene rings is 1. The van der Waals surface area contributed by atoms with Crippen LogP contribution in [0.25, 0.3) is 0 Å². The number of carbonyl (C=O) groups is 1. The minimum atomic E-state index is -0.589. The number of ether oxygens (including phenoxy) is 1. The molecule has 3 nitrogen and oxygen atoms in total. The molecule has 0 aliphatic heterocycles. The van der Waals surface area contributed by atoms with Crippen LogP contribution in [0.5, 0.6) is 5.75 Å². The number of hydrogen-bond acceptors (Lipinski definition) is 3. The van der Waals surface area contributed by atoms with Gasteiger partial charge in [-0.15, -0.1) is 0 Å². The van der Waals surface area contributed by atoms with Crippen molar-refractivity contribution in [3.8, 4) is 5.75 Å². The third-order valence-corrected chi connectivity index (χ3v) is 2.54. The lowest BCUT2D eigenvalue weighted by Gasteiger charge is -2.09. The van der Waals surface area contributed by atoms with E-state index in [1.807, 2.05) is 0 Å². The van der Waals surface area contributed by atoms with Gasteiger partial charge in [0.25, 0.3) is 0 Å². The van der Waals surface area contributed by atoms with Crippen LogP contribution in [-0.4, -0.2) is 19.4 Å². The molecule has 15 heavy (non-hydrogen) atoms. The number of nitrogens with two attached hydrogens (primary N) is 1. The van der Waals surface area contributed by atoms with Crippen molar-refractivity contribution in [3.63, 3.8) is 0 Å². The van der Waals surface area contributed by atoms with Gasteiger partial charge >= 0.3 is 0 Å². The maximum atomic E-state index is 13.4. The summed E-state index contributed by atoms with van der Waals surface area (Å²) in [5.41, 5.74) is 5.21. The molecule has 1 aromatic rings. The molecule has 0 radical (unpaired) electrons. The van der Waals surface area contributed by atoms with Gasteiger partial charge in [0, 0.05) is 6.42 Å². The van der Waals surface area contributed by atoms with Crippen LogP contribution in [0.4, 0.5) is 4.39 Å². The third-order valence-electron chi connectivity index (χ3n) is 1.91. The van der Waals surface area contributed by atoms with Gasteiger partial charge in [0.1, 0.15) is 11.6 Å². The maximum absolute atomic E-state index is 13.4. The smallest absolute Gasteiger partial charge is 0.170 e. The Morgan fingerprint density at radius 2 is 2.27 bits per heavy atom. The summed E-state index contributed by atoms with van der Waals surface area (Å²) >= 11 is 3.19. The Hall–Kier alpha value is -0.940. The summed E-state index contributed by atoms with van der Waals surface area (Å²) in [7, 11) is 1.39. The molecule has 1 aromatic carbocycles. The topological polar surface area (TPSA) is 52.3 Å². The van der Waals surface area contributed by atoms with Crippen molar-refractivity contribution < 1.29 is 13.9 Å². The zero-order valence-electron chi connectivity index (χ0n) is 8.22. The molecule has 1 rings (SSSR count). The average molecular weight is 276 g/mol. The molecule has 82 valence electrons. The highest BCUT2D eigenvalue weighted by Crippen LogP contribution is 2.31. The van der Waals surface area contributed by atoms with Crippen molar-refractivity contribution in [3.05, 3.63) is 28.0 Å². The molecule has 0 spiro atoms. The molecule has 0 fully saturated rings. The monoisotopic (exact) mass is 275 g/mol. The number of rotatable bonds is 4. The SMILES string of the molecule is COc1c(Br)ccc(F)c1C(=O)CCN. The predicted molar refractivity (Wildman–Crippen MR) is 58.7 cm³/mol. The zero-order chi connectivity index (χ0) is 11.4. The zero-order valence-corrected chi connectivity index (χ0v) is 9.80. The van der Waals surface area contributed by atoms with Crippen LogP contribution in [0, 0.1) is 5.82 Å². The Balaban J connectivity index is 3.24. The number of carbonyl (C=O) groups excluding carboxylic acids is 1.